The number of likely N-dealkylation sites (tertiary alicyclic amines) is 1. The van der Waals surface area contributed by atoms with Crippen LogP contribution in [0.2, 0.25) is 0 Å². The third kappa shape index (κ3) is 7.85. The number of carbonyl (C=O) groups is 1. The van der Waals surface area contributed by atoms with E-state index in [1.165, 1.54) is 0 Å². The van der Waals surface area contributed by atoms with Gasteiger partial charge in [-0.1, -0.05) is 19.9 Å². The topological polar surface area (TPSA) is 75.2 Å². The average molecular weight is 532 g/mol. The highest BCUT2D eigenvalue weighted by molar-refractivity contribution is 14.0. The number of piperidine rings is 1. The van der Waals surface area contributed by atoms with E-state index in [9.17, 15) is 4.79 Å². The number of nitrogens with zero attached hydrogens (tertiary/aromatic N) is 2. The zero-order valence-corrected chi connectivity index (χ0v) is 21.2. The Morgan fingerprint density at radius 2 is 1.93 bits per heavy atom. The zero-order chi connectivity index (χ0) is 21.2. The monoisotopic (exact) mass is 532 g/mol. The van der Waals surface area contributed by atoms with Gasteiger partial charge in [-0.25, -0.2) is 4.99 Å². The van der Waals surface area contributed by atoms with Gasteiger partial charge in [0.1, 0.15) is 0 Å². The van der Waals surface area contributed by atoms with Crippen LogP contribution in [0.4, 0.5) is 0 Å². The molecule has 7 nitrogen and oxygen atoms in total. The van der Waals surface area contributed by atoms with Crippen LogP contribution < -0.4 is 20.1 Å². The molecular formula is C22H37IN4O3. The zero-order valence-electron chi connectivity index (χ0n) is 18.9. The highest BCUT2D eigenvalue weighted by Gasteiger charge is 2.24. The van der Waals surface area contributed by atoms with Crippen molar-refractivity contribution in [3.05, 3.63) is 23.8 Å². The van der Waals surface area contributed by atoms with E-state index >= 15 is 0 Å². The van der Waals surface area contributed by atoms with Crippen LogP contribution in [0.15, 0.2) is 23.2 Å². The highest BCUT2D eigenvalue weighted by Crippen LogP contribution is 2.28. The Labute approximate surface area is 198 Å². The molecule has 1 amide bonds. The molecule has 1 heterocycles. The summed E-state index contributed by atoms with van der Waals surface area (Å²) in [6.45, 7) is 11.4. The Balaban J connectivity index is 0.00000450. The second kappa shape index (κ2) is 13.6. The summed E-state index contributed by atoms with van der Waals surface area (Å²) >= 11 is 0. The van der Waals surface area contributed by atoms with Crippen molar-refractivity contribution in [2.24, 2.45) is 10.9 Å². The fourth-order valence-electron chi connectivity index (χ4n) is 3.38. The quantitative estimate of drug-likeness (QED) is 0.305. The van der Waals surface area contributed by atoms with Crippen LogP contribution in [0.25, 0.3) is 0 Å². The molecule has 0 unspecified atom stereocenters. The number of amides is 1. The number of aliphatic imine (C=N–C) groups is 1. The van der Waals surface area contributed by atoms with E-state index in [2.05, 4.69) is 17.6 Å². The van der Waals surface area contributed by atoms with Gasteiger partial charge in [-0.3, -0.25) is 4.79 Å². The van der Waals surface area contributed by atoms with E-state index in [1.54, 1.807) is 7.11 Å². The fraction of sp³-hybridized carbons (Fsp3) is 0.636. The summed E-state index contributed by atoms with van der Waals surface area (Å²) in [4.78, 5) is 18.9. The lowest BCUT2D eigenvalue weighted by molar-refractivity contribution is -0.135. The Bertz CT molecular complexity index is 689. The van der Waals surface area contributed by atoms with Crippen LogP contribution in [0.3, 0.4) is 0 Å². The van der Waals surface area contributed by atoms with Crippen LogP contribution >= 0.6 is 24.0 Å². The number of guanidine groups is 1. The second-order valence-corrected chi connectivity index (χ2v) is 7.51. The van der Waals surface area contributed by atoms with E-state index < -0.39 is 0 Å². The first-order chi connectivity index (χ1) is 14.0. The molecule has 0 radical (unpaired) electrons. The molecular weight excluding hydrogens is 495 g/mol. The smallest absolute Gasteiger partial charge is 0.225 e. The minimum absolute atomic E-state index is 0. The molecule has 1 aliphatic heterocycles. The molecule has 8 heteroatoms. The third-order valence-electron chi connectivity index (χ3n) is 4.93. The molecule has 0 atom stereocenters. The van der Waals surface area contributed by atoms with Gasteiger partial charge in [0, 0.05) is 31.6 Å². The normalized spacial score (nSPS) is 14.9. The standard InChI is InChI=1S/C22H36N4O3.HI/c1-6-23-22(25-18-10-12-26(13-11-18)21(27)16(3)4)24-15-17-8-9-19(28-5)20(14-17)29-7-2;/h8-9,14,16,18H,6-7,10-13,15H2,1-5H3,(H2,23,24,25);1H. The van der Waals surface area contributed by atoms with Crippen molar-refractivity contribution in [2.45, 2.75) is 53.1 Å². The highest BCUT2D eigenvalue weighted by atomic mass is 127. The van der Waals surface area contributed by atoms with Gasteiger partial charge in [0.05, 0.1) is 20.3 Å². The van der Waals surface area contributed by atoms with Crippen molar-refractivity contribution >= 4 is 35.8 Å². The van der Waals surface area contributed by atoms with Gasteiger partial charge in [-0.2, -0.15) is 0 Å². The van der Waals surface area contributed by atoms with Crippen molar-refractivity contribution in [1.82, 2.24) is 15.5 Å². The summed E-state index contributed by atoms with van der Waals surface area (Å²) in [5, 5.41) is 6.84. The summed E-state index contributed by atoms with van der Waals surface area (Å²) in [5.74, 6) is 2.57. The molecule has 1 fully saturated rings. The molecule has 2 rings (SSSR count). The average Bonchev–Trinajstić information content (AvgIpc) is 2.72. The van der Waals surface area contributed by atoms with E-state index in [4.69, 9.17) is 14.5 Å². The van der Waals surface area contributed by atoms with Gasteiger partial charge >= 0.3 is 0 Å². The third-order valence-corrected chi connectivity index (χ3v) is 4.93. The molecule has 1 aliphatic rings. The summed E-state index contributed by atoms with van der Waals surface area (Å²) < 4.78 is 11.0. The van der Waals surface area contributed by atoms with Crippen LogP contribution in [-0.4, -0.2) is 56.2 Å². The number of carbonyl (C=O) groups excluding carboxylic acids is 1. The molecule has 0 spiro atoms. The van der Waals surface area contributed by atoms with Gasteiger partial charge in [0.25, 0.3) is 0 Å². The minimum atomic E-state index is 0. The summed E-state index contributed by atoms with van der Waals surface area (Å²) in [6.07, 6.45) is 1.86. The number of hydrogen-bond acceptors (Lipinski definition) is 4. The first-order valence-corrected chi connectivity index (χ1v) is 10.6. The molecule has 0 bridgehead atoms. The minimum Gasteiger partial charge on any atom is -0.493 e. The van der Waals surface area contributed by atoms with Gasteiger partial charge < -0.3 is 25.0 Å². The number of nitrogens with one attached hydrogen (secondary N) is 2. The molecule has 0 aromatic heterocycles. The van der Waals surface area contributed by atoms with Gasteiger partial charge in [-0.15, -0.1) is 24.0 Å². The van der Waals surface area contributed by atoms with Gasteiger partial charge in [-0.05, 0) is 44.4 Å². The van der Waals surface area contributed by atoms with Gasteiger partial charge in [0.15, 0.2) is 17.5 Å². The van der Waals surface area contributed by atoms with Crippen molar-refractivity contribution in [3.8, 4) is 11.5 Å². The summed E-state index contributed by atoms with van der Waals surface area (Å²) in [6, 6.07) is 6.21. The lowest BCUT2D eigenvalue weighted by atomic mass is 10.0. The molecule has 0 aliphatic carbocycles. The van der Waals surface area contributed by atoms with Crippen molar-refractivity contribution in [2.75, 3.05) is 33.4 Å². The number of hydrogen-bond donors (Lipinski definition) is 2. The van der Waals surface area contributed by atoms with Crippen molar-refractivity contribution in [3.63, 3.8) is 0 Å². The summed E-state index contributed by atoms with van der Waals surface area (Å²) in [7, 11) is 1.64. The molecule has 30 heavy (non-hydrogen) atoms. The van der Waals surface area contributed by atoms with Crippen LogP contribution in [0.5, 0.6) is 11.5 Å². The number of benzene rings is 1. The maximum absolute atomic E-state index is 12.2. The van der Waals surface area contributed by atoms with Crippen molar-refractivity contribution < 1.29 is 14.3 Å². The Kier molecular flexibility index (Phi) is 11.9. The van der Waals surface area contributed by atoms with Gasteiger partial charge in [0.2, 0.25) is 5.91 Å². The first kappa shape index (κ1) is 26.3. The maximum atomic E-state index is 12.2. The number of methoxy groups -OCH3 is 1. The fourth-order valence-corrected chi connectivity index (χ4v) is 3.38. The van der Waals surface area contributed by atoms with Crippen LogP contribution in [-0.2, 0) is 11.3 Å². The molecule has 1 aromatic rings. The predicted octanol–water partition coefficient (Wildman–Crippen LogP) is 3.41. The number of ether oxygens (including phenoxy) is 2. The number of rotatable bonds is 8. The largest absolute Gasteiger partial charge is 0.493 e. The van der Waals surface area contributed by atoms with Crippen LogP contribution in [0.1, 0.15) is 46.1 Å². The van der Waals surface area contributed by atoms with E-state index in [0.717, 1.165) is 55.5 Å². The molecule has 0 saturated carbocycles. The molecule has 170 valence electrons. The SMILES string of the molecule is CCNC(=NCc1ccc(OC)c(OCC)c1)NC1CCN(C(=O)C(C)C)CC1.I. The molecule has 1 aromatic carbocycles. The maximum Gasteiger partial charge on any atom is 0.225 e. The van der Waals surface area contributed by atoms with E-state index in [0.29, 0.717) is 19.2 Å². The first-order valence-electron chi connectivity index (χ1n) is 10.6. The Morgan fingerprint density at radius 3 is 2.50 bits per heavy atom. The Hall–Kier alpha value is -1.71. The van der Waals surface area contributed by atoms with Crippen molar-refractivity contribution in [1.29, 1.82) is 0 Å². The molecule has 2 N–H and O–H groups in total. The van der Waals surface area contributed by atoms with Crippen LogP contribution in [0, 0.1) is 5.92 Å². The lowest BCUT2D eigenvalue weighted by Crippen LogP contribution is -2.50. The predicted molar refractivity (Wildman–Crippen MR) is 132 cm³/mol. The number of halogens is 1. The Morgan fingerprint density at radius 1 is 1.23 bits per heavy atom. The van der Waals surface area contributed by atoms with E-state index in [-0.39, 0.29) is 35.8 Å². The lowest BCUT2D eigenvalue weighted by Gasteiger charge is -2.34. The van der Waals surface area contributed by atoms with E-state index in [1.807, 2.05) is 43.9 Å². The molecule has 1 saturated heterocycles. The summed E-state index contributed by atoms with van der Waals surface area (Å²) in [5.41, 5.74) is 1.06. The second-order valence-electron chi connectivity index (χ2n) is 7.51.